The predicted octanol–water partition coefficient (Wildman–Crippen LogP) is 3.26. The molecule has 0 radical (unpaired) electrons. The van der Waals surface area contributed by atoms with Crippen molar-refractivity contribution >= 4 is 5.69 Å². The Balaban J connectivity index is 1.89. The highest BCUT2D eigenvalue weighted by atomic mass is 19.1. The Morgan fingerprint density at radius 2 is 1.89 bits per heavy atom. The number of halogens is 1. The fraction of sp³-hybridized carbons (Fsp3) is 0.188. The van der Waals surface area contributed by atoms with E-state index in [0.29, 0.717) is 0 Å². The maximum absolute atomic E-state index is 13.7. The molecule has 0 aromatic heterocycles. The molecular formula is C16H13FN2. The van der Waals surface area contributed by atoms with Crippen molar-refractivity contribution < 1.29 is 4.39 Å². The first-order valence-corrected chi connectivity index (χ1v) is 6.29. The van der Waals surface area contributed by atoms with Crippen LogP contribution in [0.2, 0.25) is 0 Å². The van der Waals surface area contributed by atoms with Crippen molar-refractivity contribution in [3.8, 4) is 6.07 Å². The molecule has 0 bridgehead atoms. The molecule has 0 saturated carbocycles. The molecule has 2 aromatic carbocycles. The lowest BCUT2D eigenvalue weighted by Crippen LogP contribution is -2.30. The van der Waals surface area contributed by atoms with Crippen LogP contribution in [-0.4, -0.2) is 6.54 Å². The number of nitriles is 1. The minimum Gasteiger partial charge on any atom is -0.367 e. The molecule has 2 aromatic rings. The second kappa shape index (κ2) is 4.74. The van der Waals surface area contributed by atoms with Crippen molar-refractivity contribution in [3.63, 3.8) is 0 Å². The molecule has 3 rings (SSSR count). The molecule has 1 aliphatic heterocycles. The molecule has 1 heterocycles. The van der Waals surface area contributed by atoms with Gasteiger partial charge in [0.25, 0.3) is 0 Å². The third-order valence-electron chi connectivity index (χ3n) is 3.57. The highest BCUT2D eigenvalue weighted by molar-refractivity contribution is 5.52. The predicted molar refractivity (Wildman–Crippen MR) is 72.3 cm³/mol. The third kappa shape index (κ3) is 2.17. The van der Waals surface area contributed by atoms with Gasteiger partial charge in [-0.05, 0) is 35.7 Å². The van der Waals surface area contributed by atoms with E-state index in [0.717, 1.165) is 25.2 Å². The largest absolute Gasteiger partial charge is 0.367 e. The van der Waals surface area contributed by atoms with Crippen LogP contribution in [0.25, 0.3) is 0 Å². The zero-order chi connectivity index (χ0) is 13.2. The molecule has 3 heteroatoms. The van der Waals surface area contributed by atoms with Crippen molar-refractivity contribution in [3.05, 3.63) is 65.0 Å². The lowest BCUT2D eigenvalue weighted by Gasteiger charge is -2.30. The van der Waals surface area contributed by atoms with Gasteiger partial charge in [-0.3, -0.25) is 0 Å². The maximum atomic E-state index is 13.7. The van der Waals surface area contributed by atoms with E-state index in [4.69, 9.17) is 5.26 Å². The first-order valence-electron chi connectivity index (χ1n) is 6.29. The minimum atomic E-state index is -0.446. The van der Waals surface area contributed by atoms with Gasteiger partial charge >= 0.3 is 0 Å². The van der Waals surface area contributed by atoms with Crippen LogP contribution in [0.1, 0.15) is 16.7 Å². The molecule has 0 atom stereocenters. The average molecular weight is 252 g/mol. The molecule has 19 heavy (non-hydrogen) atoms. The second-order valence-electron chi connectivity index (χ2n) is 4.72. The van der Waals surface area contributed by atoms with Crippen LogP contribution < -0.4 is 4.90 Å². The van der Waals surface area contributed by atoms with Crippen LogP contribution in [0, 0.1) is 17.1 Å². The summed E-state index contributed by atoms with van der Waals surface area (Å²) >= 11 is 0. The topological polar surface area (TPSA) is 27.0 Å². The fourth-order valence-electron chi connectivity index (χ4n) is 2.51. The SMILES string of the molecule is N#Cc1ccc(N2CCc3ccccc3C2)cc1F. The number of fused-ring (bicyclic) bond motifs is 1. The summed E-state index contributed by atoms with van der Waals surface area (Å²) in [7, 11) is 0. The Morgan fingerprint density at radius 1 is 1.11 bits per heavy atom. The number of hydrogen-bond acceptors (Lipinski definition) is 2. The molecule has 94 valence electrons. The summed E-state index contributed by atoms with van der Waals surface area (Å²) < 4.78 is 13.7. The summed E-state index contributed by atoms with van der Waals surface area (Å²) in [6, 6.07) is 15.0. The van der Waals surface area contributed by atoms with Gasteiger partial charge in [0.05, 0.1) is 5.56 Å². The quantitative estimate of drug-likeness (QED) is 0.779. The van der Waals surface area contributed by atoms with Crippen LogP contribution in [0.3, 0.4) is 0 Å². The van der Waals surface area contributed by atoms with Crippen molar-refractivity contribution in [2.24, 2.45) is 0 Å². The summed E-state index contributed by atoms with van der Waals surface area (Å²) in [6.45, 7) is 1.67. The Labute approximate surface area is 111 Å². The summed E-state index contributed by atoms with van der Waals surface area (Å²) in [5, 5.41) is 8.75. The molecule has 0 aliphatic carbocycles. The maximum Gasteiger partial charge on any atom is 0.143 e. The van der Waals surface area contributed by atoms with Gasteiger partial charge in [-0.15, -0.1) is 0 Å². The molecule has 0 amide bonds. The molecule has 0 N–H and O–H groups in total. The van der Waals surface area contributed by atoms with Gasteiger partial charge in [0.15, 0.2) is 0 Å². The van der Waals surface area contributed by atoms with Crippen molar-refractivity contribution in [2.75, 3.05) is 11.4 Å². The monoisotopic (exact) mass is 252 g/mol. The lowest BCUT2D eigenvalue weighted by atomic mass is 9.99. The van der Waals surface area contributed by atoms with Gasteiger partial charge in [-0.2, -0.15) is 5.26 Å². The number of anilines is 1. The van der Waals surface area contributed by atoms with E-state index in [9.17, 15) is 4.39 Å². The molecule has 0 fully saturated rings. The van der Waals surface area contributed by atoms with E-state index in [1.807, 2.05) is 18.2 Å². The summed E-state index contributed by atoms with van der Waals surface area (Å²) in [5.74, 6) is -0.446. The number of benzene rings is 2. The molecular weight excluding hydrogens is 239 g/mol. The molecule has 0 unspecified atom stereocenters. The van der Waals surface area contributed by atoms with Gasteiger partial charge in [-0.25, -0.2) is 4.39 Å². The number of rotatable bonds is 1. The Kier molecular flexibility index (Phi) is 2.92. The van der Waals surface area contributed by atoms with Crippen LogP contribution >= 0.6 is 0 Å². The normalized spacial score (nSPS) is 13.8. The van der Waals surface area contributed by atoms with Crippen molar-refractivity contribution in [2.45, 2.75) is 13.0 Å². The molecule has 1 aliphatic rings. The standard InChI is InChI=1S/C16H13FN2/c17-16-9-15(6-5-13(16)10-18)19-8-7-12-3-1-2-4-14(12)11-19/h1-6,9H,7-8,11H2. The first kappa shape index (κ1) is 11.7. The van der Waals surface area contributed by atoms with Crippen LogP contribution in [0.4, 0.5) is 10.1 Å². The van der Waals surface area contributed by atoms with Gasteiger partial charge in [-0.1, -0.05) is 24.3 Å². The van der Waals surface area contributed by atoms with E-state index < -0.39 is 5.82 Å². The van der Waals surface area contributed by atoms with Crippen molar-refractivity contribution in [1.82, 2.24) is 0 Å². The zero-order valence-electron chi connectivity index (χ0n) is 10.4. The zero-order valence-corrected chi connectivity index (χ0v) is 10.4. The molecule has 0 spiro atoms. The van der Waals surface area contributed by atoms with E-state index in [2.05, 4.69) is 23.1 Å². The Morgan fingerprint density at radius 3 is 2.63 bits per heavy atom. The summed E-state index contributed by atoms with van der Waals surface area (Å²) in [4.78, 5) is 2.15. The summed E-state index contributed by atoms with van der Waals surface area (Å²) in [6.07, 6.45) is 0.970. The van der Waals surface area contributed by atoms with Crippen LogP contribution in [-0.2, 0) is 13.0 Å². The smallest absolute Gasteiger partial charge is 0.143 e. The summed E-state index contributed by atoms with van der Waals surface area (Å²) in [5.41, 5.74) is 3.60. The molecule has 0 saturated heterocycles. The fourth-order valence-corrected chi connectivity index (χ4v) is 2.51. The van der Waals surface area contributed by atoms with E-state index >= 15 is 0 Å². The second-order valence-corrected chi connectivity index (χ2v) is 4.72. The number of nitrogens with zero attached hydrogens (tertiary/aromatic N) is 2. The van der Waals surface area contributed by atoms with E-state index in [-0.39, 0.29) is 5.56 Å². The average Bonchev–Trinajstić information content (AvgIpc) is 2.46. The van der Waals surface area contributed by atoms with Gasteiger partial charge in [0, 0.05) is 18.8 Å². The third-order valence-corrected chi connectivity index (χ3v) is 3.57. The van der Waals surface area contributed by atoms with Crippen LogP contribution in [0.5, 0.6) is 0 Å². The van der Waals surface area contributed by atoms with Gasteiger partial charge in [0.1, 0.15) is 11.9 Å². The Bertz CT molecular complexity index is 658. The van der Waals surface area contributed by atoms with Gasteiger partial charge in [0.2, 0.25) is 0 Å². The highest BCUT2D eigenvalue weighted by Crippen LogP contribution is 2.25. The lowest BCUT2D eigenvalue weighted by molar-refractivity contribution is 0.621. The number of hydrogen-bond donors (Lipinski definition) is 0. The Hall–Kier alpha value is -2.34. The van der Waals surface area contributed by atoms with Gasteiger partial charge < -0.3 is 4.90 Å². The van der Waals surface area contributed by atoms with Crippen molar-refractivity contribution in [1.29, 1.82) is 5.26 Å². The molecule has 2 nitrogen and oxygen atoms in total. The van der Waals surface area contributed by atoms with Crippen LogP contribution in [0.15, 0.2) is 42.5 Å². The van der Waals surface area contributed by atoms with E-state index in [1.165, 1.54) is 17.2 Å². The minimum absolute atomic E-state index is 0.0983. The first-order chi connectivity index (χ1) is 9.28. The highest BCUT2D eigenvalue weighted by Gasteiger charge is 2.16. The van der Waals surface area contributed by atoms with E-state index in [1.54, 1.807) is 6.07 Å².